The molecule has 1 aromatic rings. The minimum Gasteiger partial charge on any atom is -0.368 e. The fourth-order valence-electron chi connectivity index (χ4n) is 0.743. The summed E-state index contributed by atoms with van der Waals surface area (Å²) >= 11 is 10.9. The molecule has 0 spiro atoms. The molecule has 72 valence electrons. The second-order valence-electron chi connectivity index (χ2n) is 2.25. The normalized spacial score (nSPS) is 10.1. The van der Waals surface area contributed by atoms with Crippen LogP contribution in [0.5, 0.6) is 0 Å². The van der Waals surface area contributed by atoms with Gasteiger partial charge in [0, 0.05) is 12.3 Å². The number of nitrogens with one attached hydrogen (secondary N) is 1. The van der Waals surface area contributed by atoms with Crippen LogP contribution in [0.2, 0.25) is 5.15 Å². The third-order valence-corrected chi connectivity index (χ3v) is 3.22. The highest BCUT2D eigenvalue weighted by Crippen LogP contribution is 2.25. The molecule has 0 amide bonds. The molecule has 13 heavy (non-hydrogen) atoms. The number of hydrogen-bond donors (Lipinski definition) is 1. The summed E-state index contributed by atoms with van der Waals surface area (Å²) in [6, 6.07) is 0. The van der Waals surface area contributed by atoms with Crippen LogP contribution in [0.25, 0.3) is 0 Å². The molecule has 1 rings (SSSR count). The zero-order valence-electron chi connectivity index (χ0n) is 7.05. The average Bonchev–Trinajstić information content (AvgIpc) is 2.13. The van der Waals surface area contributed by atoms with Gasteiger partial charge in [0.2, 0.25) is 0 Å². The summed E-state index contributed by atoms with van der Waals surface area (Å²) in [5.74, 6) is 1.78. The van der Waals surface area contributed by atoms with Gasteiger partial charge < -0.3 is 5.32 Å². The van der Waals surface area contributed by atoms with Crippen molar-refractivity contribution >= 4 is 45.1 Å². The highest BCUT2D eigenvalue weighted by atomic mass is 79.9. The fourth-order valence-corrected chi connectivity index (χ4v) is 1.53. The standard InChI is InChI=1S/C7H9BrClN3S/c1-13-3-2-10-7-5(8)6(9)11-4-12-7/h4H,2-3H2,1H3,(H,10,11,12). The Morgan fingerprint density at radius 2 is 2.38 bits per heavy atom. The summed E-state index contributed by atoms with van der Waals surface area (Å²) in [5, 5.41) is 3.58. The van der Waals surface area contributed by atoms with E-state index < -0.39 is 0 Å². The highest BCUT2D eigenvalue weighted by molar-refractivity contribution is 9.10. The predicted octanol–water partition coefficient (Wildman–Crippen LogP) is 2.67. The van der Waals surface area contributed by atoms with Crippen molar-refractivity contribution in [3.8, 4) is 0 Å². The van der Waals surface area contributed by atoms with Crippen molar-refractivity contribution in [2.24, 2.45) is 0 Å². The highest BCUT2D eigenvalue weighted by Gasteiger charge is 2.04. The van der Waals surface area contributed by atoms with E-state index in [1.165, 1.54) is 6.33 Å². The Bertz CT molecular complexity index is 284. The molecule has 0 saturated heterocycles. The summed E-state index contributed by atoms with van der Waals surface area (Å²) < 4.78 is 0.720. The van der Waals surface area contributed by atoms with Gasteiger partial charge in [-0.2, -0.15) is 11.8 Å². The minimum atomic E-state index is 0.432. The summed E-state index contributed by atoms with van der Waals surface area (Å²) in [7, 11) is 0. The van der Waals surface area contributed by atoms with E-state index in [9.17, 15) is 0 Å². The number of thioether (sulfide) groups is 1. The van der Waals surface area contributed by atoms with Crippen LogP contribution in [0, 0.1) is 0 Å². The molecule has 1 heterocycles. The number of rotatable bonds is 4. The summed E-state index contributed by atoms with van der Waals surface area (Å²) in [4.78, 5) is 7.88. The van der Waals surface area contributed by atoms with E-state index in [0.29, 0.717) is 5.15 Å². The van der Waals surface area contributed by atoms with Gasteiger partial charge in [-0.25, -0.2) is 9.97 Å². The molecule has 0 atom stereocenters. The van der Waals surface area contributed by atoms with Crippen LogP contribution in [-0.2, 0) is 0 Å². The molecule has 0 aliphatic heterocycles. The molecule has 3 nitrogen and oxygen atoms in total. The third-order valence-electron chi connectivity index (χ3n) is 1.35. The van der Waals surface area contributed by atoms with Gasteiger partial charge >= 0.3 is 0 Å². The van der Waals surface area contributed by atoms with Crippen molar-refractivity contribution in [1.29, 1.82) is 0 Å². The molecule has 1 N–H and O–H groups in total. The van der Waals surface area contributed by atoms with E-state index in [4.69, 9.17) is 11.6 Å². The smallest absolute Gasteiger partial charge is 0.148 e. The Balaban J connectivity index is 2.61. The van der Waals surface area contributed by atoms with Crippen LogP contribution in [0.15, 0.2) is 10.8 Å². The number of nitrogens with zero attached hydrogens (tertiary/aromatic N) is 2. The molecule has 0 bridgehead atoms. The summed E-state index contributed by atoms with van der Waals surface area (Å²) in [5.41, 5.74) is 0. The zero-order chi connectivity index (χ0) is 9.68. The molecule has 0 fully saturated rings. The first-order valence-electron chi connectivity index (χ1n) is 3.64. The van der Waals surface area contributed by atoms with E-state index in [2.05, 4.69) is 37.5 Å². The average molecular weight is 283 g/mol. The first kappa shape index (κ1) is 11.1. The lowest BCUT2D eigenvalue weighted by Gasteiger charge is -2.06. The van der Waals surface area contributed by atoms with Crippen LogP contribution < -0.4 is 5.32 Å². The number of aromatic nitrogens is 2. The Morgan fingerprint density at radius 1 is 1.62 bits per heavy atom. The van der Waals surface area contributed by atoms with Gasteiger partial charge in [0.1, 0.15) is 17.3 Å². The second-order valence-corrected chi connectivity index (χ2v) is 4.38. The van der Waals surface area contributed by atoms with Gasteiger partial charge in [-0.05, 0) is 22.2 Å². The van der Waals surface area contributed by atoms with Crippen LogP contribution in [-0.4, -0.2) is 28.5 Å². The molecular weight excluding hydrogens is 274 g/mol. The van der Waals surface area contributed by atoms with Gasteiger partial charge in [-0.15, -0.1) is 0 Å². The second kappa shape index (κ2) is 5.67. The van der Waals surface area contributed by atoms with Crippen LogP contribution in [0.1, 0.15) is 0 Å². The SMILES string of the molecule is CSCCNc1ncnc(Cl)c1Br. The van der Waals surface area contributed by atoms with Gasteiger partial charge in [0.25, 0.3) is 0 Å². The van der Waals surface area contributed by atoms with Gasteiger partial charge in [-0.1, -0.05) is 11.6 Å². The van der Waals surface area contributed by atoms with Crippen molar-refractivity contribution in [1.82, 2.24) is 9.97 Å². The van der Waals surface area contributed by atoms with Gasteiger partial charge in [0.05, 0.1) is 4.47 Å². The maximum absolute atomic E-state index is 5.78. The van der Waals surface area contributed by atoms with Crippen molar-refractivity contribution in [2.75, 3.05) is 23.9 Å². The lowest BCUT2D eigenvalue weighted by atomic mass is 10.5. The summed E-state index contributed by atoms with van der Waals surface area (Å²) in [6.07, 6.45) is 3.50. The fraction of sp³-hybridized carbons (Fsp3) is 0.429. The first-order valence-corrected chi connectivity index (χ1v) is 6.21. The predicted molar refractivity (Wildman–Crippen MR) is 61.6 cm³/mol. The molecule has 6 heteroatoms. The zero-order valence-corrected chi connectivity index (χ0v) is 10.2. The van der Waals surface area contributed by atoms with E-state index in [0.717, 1.165) is 22.6 Å². The Hall–Kier alpha value is -0.0000000000000000555. The van der Waals surface area contributed by atoms with Crippen LogP contribution in [0.3, 0.4) is 0 Å². The van der Waals surface area contributed by atoms with E-state index >= 15 is 0 Å². The quantitative estimate of drug-likeness (QED) is 0.680. The molecule has 0 unspecified atom stereocenters. The molecule has 0 aromatic carbocycles. The minimum absolute atomic E-state index is 0.432. The Morgan fingerprint density at radius 3 is 3.08 bits per heavy atom. The molecule has 0 aliphatic carbocycles. The maximum atomic E-state index is 5.78. The Labute approximate surface area is 94.8 Å². The molecular formula is C7H9BrClN3S. The van der Waals surface area contributed by atoms with E-state index in [1.807, 2.05) is 0 Å². The van der Waals surface area contributed by atoms with Crippen molar-refractivity contribution in [2.45, 2.75) is 0 Å². The van der Waals surface area contributed by atoms with Crippen LogP contribution >= 0.6 is 39.3 Å². The topological polar surface area (TPSA) is 37.8 Å². The molecule has 1 aromatic heterocycles. The summed E-state index contributed by atoms with van der Waals surface area (Å²) in [6.45, 7) is 0.868. The van der Waals surface area contributed by atoms with Gasteiger partial charge in [-0.3, -0.25) is 0 Å². The first-order chi connectivity index (χ1) is 6.25. The van der Waals surface area contributed by atoms with Crippen molar-refractivity contribution in [3.05, 3.63) is 16.0 Å². The van der Waals surface area contributed by atoms with E-state index in [-0.39, 0.29) is 0 Å². The maximum Gasteiger partial charge on any atom is 0.148 e. The van der Waals surface area contributed by atoms with Gasteiger partial charge in [0.15, 0.2) is 0 Å². The number of anilines is 1. The molecule has 0 saturated carbocycles. The van der Waals surface area contributed by atoms with Crippen LogP contribution in [0.4, 0.5) is 5.82 Å². The largest absolute Gasteiger partial charge is 0.368 e. The van der Waals surface area contributed by atoms with E-state index in [1.54, 1.807) is 11.8 Å². The third kappa shape index (κ3) is 3.32. The lowest BCUT2D eigenvalue weighted by Crippen LogP contribution is -2.06. The Kier molecular flexibility index (Phi) is 4.83. The molecule has 0 radical (unpaired) electrons. The molecule has 0 aliphatic rings. The lowest BCUT2D eigenvalue weighted by molar-refractivity contribution is 1.10. The monoisotopic (exact) mass is 281 g/mol. The number of halogens is 2. The van der Waals surface area contributed by atoms with Crippen molar-refractivity contribution < 1.29 is 0 Å². The van der Waals surface area contributed by atoms with Crippen molar-refractivity contribution in [3.63, 3.8) is 0 Å². The number of hydrogen-bond acceptors (Lipinski definition) is 4.